The van der Waals surface area contributed by atoms with Gasteiger partial charge in [0, 0.05) is 31.1 Å². The highest BCUT2D eigenvalue weighted by molar-refractivity contribution is 7.91. The Bertz CT molecular complexity index is 1260. The van der Waals surface area contributed by atoms with E-state index in [1.165, 1.54) is 11.4 Å². The van der Waals surface area contributed by atoms with E-state index >= 15 is 0 Å². The van der Waals surface area contributed by atoms with Gasteiger partial charge in [0.05, 0.1) is 24.2 Å². The molecule has 11 heteroatoms. The van der Waals surface area contributed by atoms with Crippen molar-refractivity contribution in [1.82, 2.24) is 14.3 Å². The fourth-order valence-electron chi connectivity index (χ4n) is 4.86. The summed E-state index contributed by atoms with van der Waals surface area (Å²) >= 11 is 0. The van der Waals surface area contributed by atoms with Crippen LogP contribution in [0.3, 0.4) is 0 Å². The van der Waals surface area contributed by atoms with E-state index in [1.54, 1.807) is 24.3 Å². The van der Waals surface area contributed by atoms with Crippen molar-refractivity contribution < 1.29 is 26.4 Å². The van der Waals surface area contributed by atoms with Gasteiger partial charge in [-0.2, -0.15) is 17.4 Å². The molecule has 0 saturated carbocycles. The van der Waals surface area contributed by atoms with Crippen molar-refractivity contribution in [3.63, 3.8) is 0 Å². The molecule has 0 aliphatic carbocycles. The number of hydrogen-bond donors (Lipinski definition) is 2. The number of hydrogen-bond acceptors (Lipinski definition) is 6. The molecule has 2 aliphatic heterocycles. The Morgan fingerprint density at radius 3 is 2.37 bits per heavy atom. The molecule has 2 aromatic carbocycles. The van der Waals surface area contributed by atoms with E-state index in [2.05, 4.69) is 10.0 Å². The van der Waals surface area contributed by atoms with Crippen LogP contribution >= 0.6 is 0 Å². The molecule has 1 unspecified atom stereocenters. The molecule has 190 valence electrons. The molecule has 2 heterocycles. The maximum Gasteiger partial charge on any atom is 0.279 e. The van der Waals surface area contributed by atoms with Crippen molar-refractivity contribution in [3.8, 4) is 5.75 Å². The number of carbonyl (C=O) groups is 1. The first-order chi connectivity index (χ1) is 16.6. The SMILES string of the molecule is COc1ccccc1C(=O)NCC1(c2ccccc2)CCN(S(=O)(=O)NC2CCS(=O)(=O)C2)CC1. The minimum absolute atomic E-state index is 0.00318. The Labute approximate surface area is 207 Å². The van der Waals surface area contributed by atoms with Crippen molar-refractivity contribution in [1.29, 1.82) is 0 Å². The van der Waals surface area contributed by atoms with E-state index in [0.717, 1.165) is 5.56 Å². The first-order valence-electron chi connectivity index (χ1n) is 11.6. The predicted molar refractivity (Wildman–Crippen MR) is 133 cm³/mol. The third kappa shape index (κ3) is 5.85. The summed E-state index contributed by atoms with van der Waals surface area (Å²) in [6.07, 6.45) is 1.30. The predicted octanol–water partition coefficient (Wildman–Crippen LogP) is 1.48. The third-order valence-electron chi connectivity index (χ3n) is 6.89. The normalized spacial score (nSPS) is 21.9. The quantitative estimate of drug-likeness (QED) is 0.543. The van der Waals surface area contributed by atoms with Crippen LogP contribution in [0.25, 0.3) is 0 Å². The van der Waals surface area contributed by atoms with Crippen LogP contribution in [-0.2, 0) is 25.5 Å². The summed E-state index contributed by atoms with van der Waals surface area (Å²) in [5.74, 6) is 0.0724. The second kappa shape index (κ2) is 10.3. The van der Waals surface area contributed by atoms with Gasteiger partial charge in [0.1, 0.15) is 5.75 Å². The van der Waals surface area contributed by atoms with Gasteiger partial charge in [0.2, 0.25) is 0 Å². The minimum atomic E-state index is -3.82. The van der Waals surface area contributed by atoms with E-state index in [9.17, 15) is 21.6 Å². The molecule has 4 rings (SSSR count). The Morgan fingerprint density at radius 2 is 1.74 bits per heavy atom. The second-order valence-electron chi connectivity index (χ2n) is 9.15. The van der Waals surface area contributed by atoms with Gasteiger partial charge in [0.25, 0.3) is 16.1 Å². The van der Waals surface area contributed by atoms with E-state index < -0.39 is 31.5 Å². The monoisotopic (exact) mass is 521 g/mol. The van der Waals surface area contributed by atoms with E-state index in [4.69, 9.17) is 4.74 Å². The largest absolute Gasteiger partial charge is 0.496 e. The molecule has 1 atom stereocenters. The highest BCUT2D eigenvalue weighted by Crippen LogP contribution is 2.36. The molecular weight excluding hydrogens is 490 g/mol. The summed E-state index contributed by atoms with van der Waals surface area (Å²) in [7, 11) is -5.49. The fourth-order valence-corrected chi connectivity index (χ4v) is 8.08. The first kappa shape index (κ1) is 25.6. The van der Waals surface area contributed by atoms with Gasteiger partial charge in [-0.1, -0.05) is 42.5 Å². The van der Waals surface area contributed by atoms with Crippen LogP contribution < -0.4 is 14.8 Å². The zero-order valence-electron chi connectivity index (χ0n) is 19.6. The maximum atomic E-state index is 13.0. The summed E-state index contributed by atoms with van der Waals surface area (Å²) in [6.45, 7) is 0.860. The molecule has 2 aromatic rings. The Balaban J connectivity index is 1.47. The summed E-state index contributed by atoms with van der Waals surface area (Å²) in [4.78, 5) is 13.0. The molecular formula is C24H31N3O6S2. The second-order valence-corrected chi connectivity index (χ2v) is 13.1. The smallest absolute Gasteiger partial charge is 0.279 e. The standard InChI is InChI=1S/C24H31N3O6S2/c1-33-22-10-6-5-9-21(22)23(28)25-18-24(19-7-3-2-4-8-19)12-14-27(15-13-24)35(31,32)26-20-11-16-34(29,30)17-20/h2-10,20,26H,11-18H2,1H3,(H,25,28). The minimum Gasteiger partial charge on any atom is -0.496 e. The van der Waals surface area contributed by atoms with E-state index in [1.807, 2.05) is 30.3 Å². The number of benzene rings is 2. The average Bonchev–Trinajstić information content (AvgIpc) is 3.20. The molecule has 2 fully saturated rings. The first-order valence-corrected chi connectivity index (χ1v) is 14.8. The number of piperidine rings is 1. The molecule has 2 saturated heterocycles. The Morgan fingerprint density at radius 1 is 1.09 bits per heavy atom. The number of rotatable bonds is 8. The molecule has 9 nitrogen and oxygen atoms in total. The van der Waals surface area contributed by atoms with Crippen molar-refractivity contribution in [2.24, 2.45) is 0 Å². The van der Waals surface area contributed by atoms with Crippen LogP contribution in [0.2, 0.25) is 0 Å². The van der Waals surface area contributed by atoms with Crippen LogP contribution in [-0.4, -0.2) is 71.3 Å². The van der Waals surface area contributed by atoms with Crippen LogP contribution in [0.5, 0.6) is 5.75 Å². The summed E-state index contributed by atoms with van der Waals surface area (Å²) in [6, 6.07) is 16.2. The molecule has 0 bridgehead atoms. The number of nitrogens with one attached hydrogen (secondary N) is 2. The highest BCUT2D eigenvalue weighted by atomic mass is 32.2. The molecule has 2 aliphatic rings. The molecule has 35 heavy (non-hydrogen) atoms. The molecule has 2 N–H and O–H groups in total. The van der Waals surface area contributed by atoms with Gasteiger partial charge in [-0.3, -0.25) is 4.79 Å². The van der Waals surface area contributed by atoms with Crippen molar-refractivity contribution in [3.05, 3.63) is 65.7 Å². The average molecular weight is 522 g/mol. The number of carbonyl (C=O) groups excluding carboxylic acids is 1. The van der Waals surface area contributed by atoms with Gasteiger partial charge in [0.15, 0.2) is 9.84 Å². The van der Waals surface area contributed by atoms with E-state index in [-0.39, 0.29) is 30.5 Å². The van der Waals surface area contributed by atoms with Crippen molar-refractivity contribution >= 4 is 26.0 Å². The van der Waals surface area contributed by atoms with Gasteiger partial charge in [-0.15, -0.1) is 0 Å². The number of nitrogens with zero attached hydrogens (tertiary/aromatic N) is 1. The van der Waals surface area contributed by atoms with Crippen LogP contribution in [0.1, 0.15) is 35.2 Å². The van der Waals surface area contributed by atoms with E-state index in [0.29, 0.717) is 37.1 Å². The number of para-hydroxylation sites is 1. The van der Waals surface area contributed by atoms with Gasteiger partial charge < -0.3 is 10.1 Å². The number of ether oxygens (including phenoxy) is 1. The van der Waals surface area contributed by atoms with Crippen LogP contribution in [0, 0.1) is 0 Å². The lowest BCUT2D eigenvalue weighted by Gasteiger charge is -2.42. The summed E-state index contributed by atoms with van der Waals surface area (Å²) in [5, 5.41) is 3.03. The van der Waals surface area contributed by atoms with Crippen molar-refractivity contribution in [2.75, 3.05) is 38.2 Å². The zero-order valence-corrected chi connectivity index (χ0v) is 21.3. The Hall–Kier alpha value is -2.47. The van der Waals surface area contributed by atoms with Gasteiger partial charge >= 0.3 is 0 Å². The number of amides is 1. The van der Waals surface area contributed by atoms with Crippen LogP contribution in [0.15, 0.2) is 54.6 Å². The lowest BCUT2D eigenvalue weighted by Crippen LogP contribution is -2.53. The fraction of sp³-hybridized carbons (Fsp3) is 0.458. The number of sulfone groups is 1. The van der Waals surface area contributed by atoms with Gasteiger partial charge in [-0.25, -0.2) is 8.42 Å². The third-order valence-corrected chi connectivity index (χ3v) is 10.3. The molecule has 0 aromatic heterocycles. The number of methoxy groups -OCH3 is 1. The Kier molecular flexibility index (Phi) is 7.51. The molecule has 1 amide bonds. The summed E-state index contributed by atoms with van der Waals surface area (Å²) < 4.78 is 58.6. The maximum absolute atomic E-state index is 13.0. The zero-order chi connectivity index (χ0) is 25.1. The molecule has 0 spiro atoms. The molecule has 0 radical (unpaired) electrons. The van der Waals surface area contributed by atoms with Crippen molar-refractivity contribution in [2.45, 2.75) is 30.7 Å². The topological polar surface area (TPSA) is 122 Å². The summed E-state index contributed by atoms with van der Waals surface area (Å²) in [5.41, 5.74) is 1.03. The highest BCUT2D eigenvalue weighted by Gasteiger charge is 2.41. The lowest BCUT2D eigenvalue weighted by molar-refractivity contribution is 0.0929. The van der Waals surface area contributed by atoms with Gasteiger partial charge in [-0.05, 0) is 37.0 Å². The lowest BCUT2D eigenvalue weighted by atomic mass is 9.73. The van der Waals surface area contributed by atoms with Crippen LogP contribution in [0.4, 0.5) is 0 Å².